The molecule has 0 aromatic heterocycles. The van der Waals surface area contributed by atoms with Crippen LogP contribution >= 0.6 is 12.6 Å². The molecule has 1 aliphatic rings. The highest BCUT2D eigenvalue weighted by molar-refractivity contribution is 7.80. The molecule has 0 amide bonds. The van der Waals surface area contributed by atoms with Gasteiger partial charge in [0.25, 0.3) is 0 Å². The Morgan fingerprint density at radius 2 is 1.81 bits per heavy atom. The average molecular weight is 247 g/mol. The summed E-state index contributed by atoms with van der Waals surface area (Å²) in [5, 5.41) is 20.6. The molecule has 0 radical (unpaired) electrons. The number of carboxylic acids is 2. The number of hydrogen-bond acceptors (Lipinski definition) is 4. The van der Waals surface area contributed by atoms with E-state index in [1.165, 1.54) is 0 Å². The minimum absolute atomic E-state index is 0.101. The number of aliphatic carboxylic acids is 2. The number of carbonyl (C=O) groups is 2. The van der Waals surface area contributed by atoms with E-state index in [1.807, 2.05) is 0 Å². The van der Waals surface area contributed by atoms with Gasteiger partial charge in [0.2, 0.25) is 0 Å². The van der Waals surface area contributed by atoms with Crippen molar-refractivity contribution >= 4 is 24.6 Å². The summed E-state index contributed by atoms with van der Waals surface area (Å²) in [5.41, 5.74) is 0. The molecule has 6 heteroatoms. The van der Waals surface area contributed by atoms with E-state index in [-0.39, 0.29) is 17.7 Å². The zero-order chi connectivity index (χ0) is 12.1. The van der Waals surface area contributed by atoms with Gasteiger partial charge >= 0.3 is 11.9 Å². The predicted molar refractivity (Wildman–Crippen MR) is 61.8 cm³/mol. The van der Waals surface area contributed by atoms with Gasteiger partial charge in [-0.05, 0) is 25.7 Å². The second-order valence-corrected chi connectivity index (χ2v) is 4.49. The summed E-state index contributed by atoms with van der Waals surface area (Å²) in [6.07, 6.45) is 2.67. The molecule has 1 fully saturated rings. The molecule has 0 saturated heterocycles. The SMILES string of the molecule is O=C(O)C1CCC(N[C@@H](CS)C(=O)O)CC1. The fraction of sp³-hybridized carbons (Fsp3) is 0.800. The van der Waals surface area contributed by atoms with E-state index >= 15 is 0 Å². The van der Waals surface area contributed by atoms with Crippen LogP contribution in [0.5, 0.6) is 0 Å². The molecule has 0 spiro atoms. The second kappa shape index (κ2) is 6.10. The maximum absolute atomic E-state index is 10.8. The largest absolute Gasteiger partial charge is 0.481 e. The maximum atomic E-state index is 10.8. The van der Waals surface area contributed by atoms with Crippen LogP contribution in [0.1, 0.15) is 25.7 Å². The predicted octanol–water partition coefficient (Wildman–Crippen LogP) is 0.602. The zero-order valence-electron chi connectivity index (χ0n) is 8.93. The van der Waals surface area contributed by atoms with E-state index in [0.29, 0.717) is 25.7 Å². The van der Waals surface area contributed by atoms with E-state index in [2.05, 4.69) is 17.9 Å². The molecule has 16 heavy (non-hydrogen) atoms. The van der Waals surface area contributed by atoms with Crippen molar-refractivity contribution in [3.63, 3.8) is 0 Å². The smallest absolute Gasteiger partial charge is 0.321 e. The Bertz CT molecular complexity index is 264. The van der Waals surface area contributed by atoms with Gasteiger partial charge in [-0.25, -0.2) is 0 Å². The summed E-state index contributed by atoms with van der Waals surface area (Å²) in [6, 6.07) is -0.543. The Morgan fingerprint density at radius 3 is 2.19 bits per heavy atom. The lowest BCUT2D eigenvalue weighted by atomic mass is 9.86. The van der Waals surface area contributed by atoms with Gasteiger partial charge in [-0.1, -0.05) is 0 Å². The molecule has 0 aliphatic heterocycles. The van der Waals surface area contributed by atoms with Crippen LogP contribution in [0.3, 0.4) is 0 Å². The first-order chi connectivity index (χ1) is 7.54. The Kier molecular flexibility index (Phi) is 5.08. The van der Waals surface area contributed by atoms with Crippen molar-refractivity contribution in [3.8, 4) is 0 Å². The number of rotatable bonds is 5. The molecule has 92 valence electrons. The molecule has 1 aliphatic carbocycles. The molecule has 0 heterocycles. The van der Waals surface area contributed by atoms with Crippen LogP contribution in [0.15, 0.2) is 0 Å². The van der Waals surface area contributed by atoms with Crippen LogP contribution in [0, 0.1) is 5.92 Å². The molecule has 0 aromatic rings. The quantitative estimate of drug-likeness (QED) is 0.535. The summed E-state index contributed by atoms with van der Waals surface area (Å²) >= 11 is 3.97. The van der Waals surface area contributed by atoms with E-state index in [4.69, 9.17) is 10.2 Å². The molecule has 0 bridgehead atoms. The van der Waals surface area contributed by atoms with E-state index in [1.54, 1.807) is 0 Å². The first-order valence-corrected chi connectivity index (χ1v) is 6.00. The van der Waals surface area contributed by atoms with Crippen molar-refractivity contribution in [1.82, 2.24) is 5.32 Å². The molecule has 0 aromatic carbocycles. The van der Waals surface area contributed by atoms with Gasteiger partial charge < -0.3 is 15.5 Å². The topological polar surface area (TPSA) is 86.6 Å². The Morgan fingerprint density at radius 1 is 1.25 bits per heavy atom. The summed E-state index contributed by atoms with van der Waals surface area (Å²) in [6.45, 7) is 0. The third-order valence-corrected chi connectivity index (χ3v) is 3.36. The fourth-order valence-corrected chi connectivity index (χ4v) is 2.26. The third-order valence-electron chi connectivity index (χ3n) is 2.99. The van der Waals surface area contributed by atoms with Gasteiger partial charge in [0.05, 0.1) is 5.92 Å². The number of nitrogens with one attached hydrogen (secondary N) is 1. The van der Waals surface area contributed by atoms with Crippen LogP contribution in [-0.4, -0.2) is 40.0 Å². The molecule has 5 nitrogen and oxygen atoms in total. The molecule has 3 N–H and O–H groups in total. The first-order valence-electron chi connectivity index (χ1n) is 5.37. The van der Waals surface area contributed by atoms with Crippen molar-refractivity contribution in [1.29, 1.82) is 0 Å². The number of hydrogen-bond donors (Lipinski definition) is 4. The minimum atomic E-state index is -0.907. The minimum Gasteiger partial charge on any atom is -0.481 e. The van der Waals surface area contributed by atoms with E-state index < -0.39 is 18.0 Å². The first kappa shape index (κ1) is 13.3. The van der Waals surface area contributed by atoms with Crippen molar-refractivity contribution in [2.24, 2.45) is 5.92 Å². The molecule has 1 saturated carbocycles. The lowest BCUT2D eigenvalue weighted by Gasteiger charge is -2.28. The molecular formula is C10H17NO4S. The average Bonchev–Trinajstić information content (AvgIpc) is 2.26. The highest BCUT2D eigenvalue weighted by atomic mass is 32.1. The van der Waals surface area contributed by atoms with Crippen LogP contribution in [0.4, 0.5) is 0 Å². The standard InChI is InChI=1S/C10H17NO4S/c12-9(13)6-1-3-7(4-2-6)11-8(5-16)10(14)15/h6-8,11,16H,1-5H2,(H,12,13)(H,14,15)/t6?,7?,8-/m0/s1. The van der Waals surface area contributed by atoms with Crippen molar-refractivity contribution in [3.05, 3.63) is 0 Å². The van der Waals surface area contributed by atoms with Crippen molar-refractivity contribution in [2.75, 3.05) is 5.75 Å². The Labute approximate surface area is 99.6 Å². The van der Waals surface area contributed by atoms with Crippen LogP contribution in [0.2, 0.25) is 0 Å². The van der Waals surface area contributed by atoms with Crippen LogP contribution in [-0.2, 0) is 9.59 Å². The maximum Gasteiger partial charge on any atom is 0.321 e. The fourth-order valence-electron chi connectivity index (χ4n) is 1.99. The zero-order valence-corrected chi connectivity index (χ0v) is 9.82. The second-order valence-electron chi connectivity index (χ2n) is 4.13. The highest BCUT2D eigenvalue weighted by Crippen LogP contribution is 2.24. The Balaban J connectivity index is 2.36. The van der Waals surface area contributed by atoms with E-state index in [0.717, 1.165) is 0 Å². The van der Waals surface area contributed by atoms with Gasteiger partial charge in [-0.15, -0.1) is 0 Å². The number of carboxylic acid groups (broad SMARTS) is 2. The van der Waals surface area contributed by atoms with Gasteiger partial charge in [-0.2, -0.15) is 12.6 Å². The van der Waals surface area contributed by atoms with Gasteiger partial charge in [0.15, 0.2) is 0 Å². The summed E-state index contributed by atoms with van der Waals surface area (Å²) in [4.78, 5) is 21.5. The summed E-state index contributed by atoms with van der Waals surface area (Å²) < 4.78 is 0. The van der Waals surface area contributed by atoms with Crippen molar-refractivity contribution in [2.45, 2.75) is 37.8 Å². The lowest BCUT2D eigenvalue weighted by Crippen LogP contribution is -2.46. The summed E-state index contributed by atoms with van der Waals surface area (Å²) in [7, 11) is 0. The molecule has 1 atom stereocenters. The number of thiol groups is 1. The van der Waals surface area contributed by atoms with Crippen LogP contribution < -0.4 is 5.32 Å². The van der Waals surface area contributed by atoms with Gasteiger partial charge in [0.1, 0.15) is 6.04 Å². The van der Waals surface area contributed by atoms with E-state index in [9.17, 15) is 9.59 Å². The van der Waals surface area contributed by atoms with Gasteiger partial charge in [0, 0.05) is 11.8 Å². The molecule has 0 unspecified atom stereocenters. The van der Waals surface area contributed by atoms with Gasteiger partial charge in [-0.3, -0.25) is 9.59 Å². The Hall–Kier alpha value is -0.750. The third kappa shape index (κ3) is 3.68. The lowest BCUT2D eigenvalue weighted by molar-refractivity contribution is -0.143. The molecule has 1 rings (SSSR count). The highest BCUT2D eigenvalue weighted by Gasteiger charge is 2.28. The van der Waals surface area contributed by atoms with Crippen LogP contribution in [0.25, 0.3) is 0 Å². The van der Waals surface area contributed by atoms with Crippen molar-refractivity contribution < 1.29 is 19.8 Å². The normalized spacial score (nSPS) is 27.3. The monoisotopic (exact) mass is 247 g/mol. The molecular weight excluding hydrogens is 230 g/mol. The summed E-state index contributed by atoms with van der Waals surface area (Å²) in [5.74, 6) is -1.68.